The molecular formula is C23H24N6O2S. The summed E-state index contributed by atoms with van der Waals surface area (Å²) in [6, 6.07) is 17.0. The van der Waals surface area contributed by atoms with Gasteiger partial charge < -0.3 is 20.1 Å². The van der Waals surface area contributed by atoms with E-state index in [9.17, 15) is 8.42 Å². The molecule has 0 amide bonds. The van der Waals surface area contributed by atoms with Crippen LogP contribution in [0.3, 0.4) is 0 Å². The third-order valence-electron chi connectivity index (χ3n) is 5.58. The Morgan fingerprint density at radius 1 is 0.938 bits per heavy atom. The van der Waals surface area contributed by atoms with Gasteiger partial charge in [-0.3, -0.25) is 0 Å². The molecule has 2 N–H and O–H groups in total. The number of piperazine rings is 1. The lowest BCUT2D eigenvalue weighted by Gasteiger charge is -2.29. The van der Waals surface area contributed by atoms with Crippen LogP contribution < -0.4 is 15.5 Å². The number of hydrogen-bond acceptors (Lipinski definition) is 7. The molecule has 9 heteroatoms. The monoisotopic (exact) mass is 448 g/mol. The SMILES string of the molecule is CS(=O)(=O)c1ccc(-n2ccc3cnc(Nc4ccc(N5CCNCC5)cc4)nc32)cc1. The van der Waals surface area contributed by atoms with Gasteiger partial charge in [-0.2, -0.15) is 4.98 Å². The molecule has 5 rings (SSSR count). The molecule has 2 aromatic carbocycles. The second kappa shape index (κ2) is 8.25. The molecule has 1 fully saturated rings. The van der Waals surface area contributed by atoms with Crippen LogP contribution in [0, 0.1) is 0 Å². The number of aromatic nitrogens is 3. The Morgan fingerprint density at radius 2 is 1.62 bits per heavy atom. The molecule has 164 valence electrons. The number of sulfone groups is 1. The summed E-state index contributed by atoms with van der Waals surface area (Å²) in [5.41, 5.74) is 3.70. The molecule has 8 nitrogen and oxygen atoms in total. The fourth-order valence-corrected chi connectivity index (χ4v) is 4.48. The molecule has 32 heavy (non-hydrogen) atoms. The number of nitrogens with one attached hydrogen (secondary N) is 2. The standard InChI is InChI=1S/C23H24N6O2S/c1-32(30,31)21-8-6-20(7-9-21)29-13-10-17-16-25-23(27-22(17)29)26-18-2-4-19(5-3-18)28-14-11-24-12-15-28/h2-10,13,16,24H,11-12,14-15H2,1H3,(H,25,26,27). The summed E-state index contributed by atoms with van der Waals surface area (Å²) >= 11 is 0. The summed E-state index contributed by atoms with van der Waals surface area (Å²) in [5.74, 6) is 0.500. The number of anilines is 3. The lowest BCUT2D eigenvalue weighted by molar-refractivity contribution is 0.589. The highest BCUT2D eigenvalue weighted by Gasteiger charge is 2.12. The van der Waals surface area contributed by atoms with Crippen molar-refractivity contribution >= 4 is 38.2 Å². The first-order valence-corrected chi connectivity index (χ1v) is 12.3. The molecule has 1 saturated heterocycles. The Hall–Kier alpha value is -3.43. The molecule has 0 atom stereocenters. The zero-order chi connectivity index (χ0) is 22.1. The second-order valence-electron chi connectivity index (χ2n) is 7.83. The lowest BCUT2D eigenvalue weighted by Crippen LogP contribution is -2.43. The molecule has 0 spiro atoms. The minimum Gasteiger partial charge on any atom is -0.369 e. The third-order valence-corrected chi connectivity index (χ3v) is 6.70. The topological polar surface area (TPSA) is 92.2 Å². The smallest absolute Gasteiger partial charge is 0.229 e. The Balaban J connectivity index is 1.39. The van der Waals surface area contributed by atoms with Crippen LogP contribution in [-0.4, -0.2) is 55.4 Å². The van der Waals surface area contributed by atoms with Gasteiger partial charge in [0.2, 0.25) is 5.95 Å². The van der Waals surface area contributed by atoms with Crippen LogP contribution >= 0.6 is 0 Å². The van der Waals surface area contributed by atoms with Gasteiger partial charge in [0.15, 0.2) is 9.84 Å². The van der Waals surface area contributed by atoms with Gasteiger partial charge in [0, 0.05) is 67.3 Å². The van der Waals surface area contributed by atoms with E-state index >= 15 is 0 Å². The summed E-state index contributed by atoms with van der Waals surface area (Å²) in [6.07, 6.45) is 4.89. The Kier molecular flexibility index (Phi) is 5.28. The number of nitrogens with zero attached hydrogens (tertiary/aromatic N) is 4. The summed E-state index contributed by atoms with van der Waals surface area (Å²) in [6.45, 7) is 4.03. The maximum absolute atomic E-state index is 11.7. The van der Waals surface area contributed by atoms with Crippen molar-refractivity contribution in [2.45, 2.75) is 4.90 Å². The zero-order valence-electron chi connectivity index (χ0n) is 17.7. The van der Waals surface area contributed by atoms with E-state index in [2.05, 4.69) is 32.7 Å². The van der Waals surface area contributed by atoms with Gasteiger partial charge in [0.25, 0.3) is 0 Å². The van der Waals surface area contributed by atoms with Crippen molar-refractivity contribution < 1.29 is 8.42 Å². The molecular weight excluding hydrogens is 424 g/mol. The predicted molar refractivity (Wildman–Crippen MR) is 127 cm³/mol. The van der Waals surface area contributed by atoms with Crippen molar-refractivity contribution in [1.29, 1.82) is 0 Å². The van der Waals surface area contributed by atoms with Crippen LogP contribution in [0.4, 0.5) is 17.3 Å². The molecule has 3 heterocycles. The van der Waals surface area contributed by atoms with Crippen LogP contribution in [0.2, 0.25) is 0 Å². The van der Waals surface area contributed by atoms with Gasteiger partial charge in [-0.25, -0.2) is 13.4 Å². The van der Waals surface area contributed by atoms with Crippen LogP contribution in [0.15, 0.2) is 71.9 Å². The average molecular weight is 449 g/mol. The van der Waals surface area contributed by atoms with Gasteiger partial charge in [-0.15, -0.1) is 0 Å². The number of benzene rings is 2. The van der Waals surface area contributed by atoms with Crippen molar-refractivity contribution in [2.75, 3.05) is 42.7 Å². The van der Waals surface area contributed by atoms with Crippen molar-refractivity contribution in [3.8, 4) is 5.69 Å². The Morgan fingerprint density at radius 3 is 2.31 bits per heavy atom. The van der Waals surface area contributed by atoms with Gasteiger partial charge in [0.1, 0.15) is 5.65 Å². The Labute approximate surface area is 186 Å². The quantitative estimate of drug-likeness (QED) is 0.485. The normalized spacial score (nSPS) is 14.6. The van der Waals surface area contributed by atoms with E-state index in [1.54, 1.807) is 30.5 Å². The van der Waals surface area contributed by atoms with E-state index in [0.717, 1.165) is 48.6 Å². The molecule has 0 unspecified atom stereocenters. The third kappa shape index (κ3) is 4.17. The minimum absolute atomic E-state index is 0.291. The van der Waals surface area contributed by atoms with Gasteiger partial charge in [-0.1, -0.05) is 0 Å². The first-order valence-electron chi connectivity index (χ1n) is 10.4. The molecule has 0 saturated carbocycles. The second-order valence-corrected chi connectivity index (χ2v) is 9.85. The molecule has 0 radical (unpaired) electrons. The maximum Gasteiger partial charge on any atom is 0.229 e. The van der Waals surface area contributed by atoms with Crippen LogP contribution in [-0.2, 0) is 9.84 Å². The van der Waals surface area contributed by atoms with Gasteiger partial charge in [-0.05, 0) is 54.6 Å². The zero-order valence-corrected chi connectivity index (χ0v) is 18.5. The summed E-state index contributed by atoms with van der Waals surface area (Å²) in [7, 11) is -3.23. The highest BCUT2D eigenvalue weighted by molar-refractivity contribution is 7.90. The predicted octanol–water partition coefficient (Wildman–Crippen LogP) is 2.98. The Bertz CT molecular complexity index is 1340. The fraction of sp³-hybridized carbons (Fsp3) is 0.217. The van der Waals surface area contributed by atoms with Crippen LogP contribution in [0.5, 0.6) is 0 Å². The minimum atomic E-state index is -3.23. The highest BCUT2D eigenvalue weighted by Crippen LogP contribution is 2.23. The van der Waals surface area contributed by atoms with Crippen LogP contribution in [0.1, 0.15) is 0 Å². The fourth-order valence-electron chi connectivity index (χ4n) is 3.85. The van der Waals surface area contributed by atoms with E-state index in [4.69, 9.17) is 4.98 Å². The van der Waals surface area contributed by atoms with E-state index < -0.39 is 9.84 Å². The summed E-state index contributed by atoms with van der Waals surface area (Å²) in [5, 5.41) is 7.54. The van der Waals surface area contributed by atoms with Gasteiger partial charge >= 0.3 is 0 Å². The molecule has 0 bridgehead atoms. The molecule has 4 aromatic rings. The largest absolute Gasteiger partial charge is 0.369 e. The molecule has 0 aliphatic carbocycles. The first kappa shape index (κ1) is 20.5. The van der Waals surface area contributed by atoms with Crippen molar-refractivity contribution in [3.63, 3.8) is 0 Å². The number of hydrogen-bond donors (Lipinski definition) is 2. The highest BCUT2D eigenvalue weighted by atomic mass is 32.2. The summed E-state index contributed by atoms with van der Waals surface area (Å²) in [4.78, 5) is 11.8. The molecule has 1 aliphatic heterocycles. The number of fused-ring (bicyclic) bond motifs is 1. The first-order chi connectivity index (χ1) is 15.5. The van der Waals surface area contributed by atoms with E-state index in [0.29, 0.717) is 10.8 Å². The molecule has 2 aromatic heterocycles. The number of rotatable bonds is 5. The van der Waals surface area contributed by atoms with Crippen molar-refractivity contribution in [3.05, 3.63) is 67.0 Å². The molecule has 1 aliphatic rings. The van der Waals surface area contributed by atoms with E-state index in [1.807, 2.05) is 29.0 Å². The van der Waals surface area contributed by atoms with Crippen LogP contribution in [0.25, 0.3) is 16.7 Å². The average Bonchev–Trinajstić information content (AvgIpc) is 3.23. The van der Waals surface area contributed by atoms with E-state index in [1.165, 1.54) is 11.9 Å². The van der Waals surface area contributed by atoms with E-state index in [-0.39, 0.29) is 0 Å². The van der Waals surface area contributed by atoms with Gasteiger partial charge in [0.05, 0.1) is 4.90 Å². The summed E-state index contributed by atoms with van der Waals surface area (Å²) < 4.78 is 25.4. The lowest BCUT2D eigenvalue weighted by atomic mass is 10.2. The maximum atomic E-state index is 11.7. The van der Waals surface area contributed by atoms with Crippen molar-refractivity contribution in [2.24, 2.45) is 0 Å². The van der Waals surface area contributed by atoms with Crippen molar-refractivity contribution in [1.82, 2.24) is 19.9 Å².